The van der Waals surface area contributed by atoms with Gasteiger partial charge in [-0.3, -0.25) is 0 Å². The molecule has 2 rings (SSSR count). The number of rotatable bonds is 6. The molecular weight excluding hydrogens is 230 g/mol. The van der Waals surface area contributed by atoms with Crippen molar-refractivity contribution in [1.82, 2.24) is 5.32 Å². The van der Waals surface area contributed by atoms with Crippen LogP contribution in [0, 0.1) is 0 Å². The van der Waals surface area contributed by atoms with Crippen LogP contribution in [0.5, 0.6) is 0 Å². The van der Waals surface area contributed by atoms with Crippen molar-refractivity contribution in [2.45, 2.75) is 56.4 Å². The summed E-state index contributed by atoms with van der Waals surface area (Å²) in [7, 11) is 2.12. The maximum atomic E-state index is 3.88. The molecule has 0 aromatic heterocycles. The Labute approximate surface area is 118 Å². The third kappa shape index (κ3) is 3.09. The van der Waals surface area contributed by atoms with E-state index in [9.17, 15) is 0 Å². The van der Waals surface area contributed by atoms with E-state index >= 15 is 0 Å². The molecular formula is C18H27N. The number of likely N-dealkylation sites (N-methyl/N-ethyl adjacent to an activating group) is 1. The fourth-order valence-corrected chi connectivity index (χ4v) is 3.77. The first-order valence-electron chi connectivity index (χ1n) is 7.67. The van der Waals surface area contributed by atoms with E-state index in [-0.39, 0.29) is 0 Å². The predicted molar refractivity (Wildman–Crippen MR) is 83.5 cm³/mol. The molecule has 1 aliphatic carbocycles. The number of hydrogen-bond acceptors (Lipinski definition) is 1. The summed E-state index contributed by atoms with van der Waals surface area (Å²) >= 11 is 0. The van der Waals surface area contributed by atoms with E-state index in [1.54, 1.807) is 0 Å². The fraction of sp³-hybridized carbons (Fsp3) is 0.556. The summed E-state index contributed by atoms with van der Waals surface area (Å²) in [5.41, 5.74) is 1.86. The predicted octanol–water partition coefficient (Wildman–Crippen LogP) is 4.44. The highest BCUT2D eigenvalue weighted by atomic mass is 14.9. The Morgan fingerprint density at radius 1 is 1.21 bits per heavy atom. The van der Waals surface area contributed by atoms with Crippen LogP contribution >= 0.6 is 0 Å². The smallest absolute Gasteiger partial charge is 0.0164 e. The Bertz CT molecular complexity index is 376. The van der Waals surface area contributed by atoms with Gasteiger partial charge >= 0.3 is 0 Å². The molecule has 0 amide bonds. The van der Waals surface area contributed by atoms with Crippen molar-refractivity contribution in [3.8, 4) is 0 Å². The van der Waals surface area contributed by atoms with E-state index in [2.05, 4.69) is 49.3 Å². The van der Waals surface area contributed by atoms with E-state index < -0.39 is 0 Å². The molecule has 1 aromatic rings. The molecule has 0 aliphatic heterocycles. The number of hydrogen-bond donors (Lipinski definition) is 1. The molecule has 1 atom stereocenters. The lowest BCUT2D eigenvalue weighted by Gasteiger charge is -2.44. The molecule has 1 fully saturated rings. The lowest BCUT2D eigenvalue weighted by atomic mass is 9.64. The SMILES string of the molecule is C=CCCC(NC)C1(c2ccccc2)CCCCC1. The minimum absolute atomic E-state index is 0.331. The normalized spacial score (nSPS) is 19.8. The zero-order valence-electron chi connectivity index (χ0n) is 12.2. The maximum Gasteiger partial charge on any atom is 0.0164 e. The monoisotopic (exact) mass is 257 g/mol. The van der Waals surface area contributed by atoms with Crippen molar-refractivity contribution < 1.29 is 0 Å². The second-order valence-electron chi connectivity index (χ2n) is 5.79. The largest absolute Gasteiger partial charge is 0.316 e. The minimum Gasteiger partial charge on any atom is -0.316 e. The van der Waals surface area contributed by atoms with Crippen LogP contribution in [0.15, 0.2) is 43.0 Å². The highest BCUT2D eigenvalue weighted by Crippen LogP contribution is 2.43. The van der Waals surface area contributed by atoms with Gasteiger partial charge in [0, 0.05) is 11.5 Å². The van der Waals surface area contributed by atoms with Gasteiger partial charge in [0.15, 0.2) is 0 Å². The van der Waals surface area contributed by atoms with Gasteiger partial charge in [0.25, 0.3) is 0 Å². The second-order valence-corrected chi connectivity index (χ2v) is 5.79. The quantitative estimate of drug-likeness (QED) is 0.743. The third-order valence-corrected chi connectivity index (χ3v) is 4.77. The van der Waals surface area contributed by atoms with Crippen molar-refractivity contribution in [2.24, 2.45) is 0 Å². The summed E-state index contributed by atoms with van der Waals surface area (Å²) < 4.78 is 0. The van der Waals surface area contributed by atoms with Crippen molar-refractivity contribution in [1.29, 1.82) is 0 Å². The first-order chi connectivity index (χ1) is 9.33. The molecule has 1 nitrogen and oxygen atoms in total. The minimum atomic E-state index is 0.331. The van der Waals surface area contributed by atoms with Crippen molar-refractivity contribution >= 4 is 0 Å². The lowest BCUT2D eigenvalue weighted by Crippen LogP contribution is -2.48. The summed E-state index contributed by atoms with van der Waals surface area (Å²) in [6.07, 6.45) is 11.1. The molecule has 0 bridgehead atoms. The Morgan fingerprint density at radius 3 is 2.47 bits per heavy atom. The summed E-state index contributed by atoms with van der Waals surface area (Å²) in [6, 6.07) is 11.7. The highest BCUT2D eigenvalue weighted by molar-refractivity contribution is 5.28. The highest BCUT2D eigenvalue weighted by Gasteiger charge is 2.39. The van der Waals surface area contributed by atoms with Gasteiger partial charge in [-0.25, -0.2) is 0 Å². The third-order valence-electron chi connectivity index (χ3n) is 4.77. The van der Waals surface area contributed by atoms with Crippen LogP contribution in [0.25, 0.3) is 0 Å². The fourth-order valence-electron chi connectivity index (χ4n) is 3.77. The standard InChI is InChI=1S/C18H27N/c1-3-4-13-17(19-2)18(14-9-6-10-15-18)16-11-7-5-8-12-16/h3,5,7-8,11-12,17,19H,1,4,6,9-10,13-15H2,2H3. The van der Waals surface area contributed by atoms with E-state index in [4.69, 9.17) is 0 Å². The molecule has 1 N–H and O–H groups in total. The van der Waals surface area contributed by atoms with Gasteiger partial charge < -0.3 is 5.32 Å². The van der Waals surface area contributed by atoms with Crippen LogP contribution in [-0.2, 0) is 5.41 Å². The molecule has 1 saturated carbocycles. The molecule has 104 valence electrons. The molecule has 1 unspecified atom stereocenters. The van der Waals surface area contributed by atoms with E-state index in [0.717, 1.165) is 6.42 Å². The second kappa shape index (κ2) is 6.91. The number of benzene rings is 1. The van der Waals surface area contributed by atoms with Gasteiger partial charge in [-0.1, -0.05) is 55.7 Å². The number of nitrogens with one attached hydrogen (secondary N) is 1. The van der Waals surface area contributed by atoms with Crippen molar-refractivity contribution in [3.05, 3.63) is 48.6 Å². The van der Waals surface area contributed by atoms with Gasteiger partial charge in [-0.2, -0.15) is 0 Å². The Balaban J connectivity index is 2.30. The molecule has 1 aromatic carbocycles. The van der Waals surface area contributed by atoms with Gasteiger partial charge in [-0.15, -0.1) is 6.58 Å². The molecule has 0 heterocycles. The van der Waals surface area contributed by atoms with E-state index in [1.165, 1.54) is 44.1 Å². The summed E-state index contributed by atoms with van der Waals surface area (Å²) in [5.74, 6) is 0. The average Bonchev–Trinajstić information content (AvgIpc) is 2.50. The zero-order chi connectivity index (χ0) is 13.6. The first kappa shape index (κ1) is 14.3. The molecule has 0 saturated heterocycles. The first-order valence-corrected chi connectivity index (χ1v) is 7.67. The van der Waals surface area contributed by atoms with Gasteiger partial charge in [0.1, 0.15) is 0 Å². The maximum absolute atomic E-state index is 3.88. The van der Waals surface area contributed by atoms with Crippen molar-refractivity contribution in [2.75, 3.05) is 7.05 Å². The van der Waals surface area contributed by atoms with Crippen LogP contribution in [0.2, 0.25) is 0 Å². The lowest BCUT2D eigenvalue weighted by molar-refractivity contribution is 0.211. The zero-order valence-corrected chi connectivity index (χ0v) is 12.2. The van der Waals surface area contributed by atoms with Gasteiger partial charge in [0.2, 0.25) is 0 Å². The van der Waals surface area contributed by atoms with Crippen molar-refractivity contribution in [3.63, 3.8) is 0 Å². The van der Waals surface area contributed by atoms with Crippen LogP contribution in [0.1, 0.15) is 50.5 Å². The van der Waals surface area contributed by atoms with E-state index in [1.807, 2.05) is 6.08 Å². The average molecular weight is 257 g/mol. The Morgan fingerprint density at radius 2 is 1.89 bits per heavy atom. The number of allylic oxidation sites excluding steroid dienone is 1. The summed E-state index contributed by atoms with van der Waals surface area (Å²) in [4.78, 5) is 0. The Hall–Kier alpha value is -1.08. The van der Waals surface area contributed by atoms with Gasteiger partial charge in [-0.05, 0) is 38.3 Å². The van der Waals surface area contributed by atoms with Gasteiger partial charge in [0.05, 0.1) is 0 Å². The summed E-state index contributed by atoms with van der Waals surface area (Å²) in [5, 5.41) is 3.60. The molecule has 0 spiro atoms. The molecule has 0 radical (unpaired) electrons. The molecule has 19 heavy (non-hydrogen) atoms. The van der Waals surface area contributed by atoms with Crippen LogP contribution in [0.3, 0.4) is 0 Å². The van der Waals surface area contributed by atoms with Crippen LogP contribution < -0.4 is 5.32 Å². The van der Waals surface area contributed by atoms with Crippen LogP contribution in [-0.4, -0.2) is 13.1 Å². The molecule has 1 heteroatoms. The van der Waals surface area contributed by atoms with Crippen LogP contribution in [0.4, 0.5) is 0 Å². The van der Waals surface area contributed by atoms with E-state index in [0.29, 0.717) is 11.5 Å². The molecule has 1 aliphatic rings. The summed E-state index contributed by atoms with van der Waals surface area (Å²) in [6.45, 7) is 3.88. The topological polar surface area (TPSA) is 12.0 Å². The Kier molecular flexibility index (Phi) is 5.21.